The molecule has 1 amide bonds. The highest BCUT2D eigenvalue weighted by Crippen LogP contribution is 2.27. The molecule has 2 fully saturated rings. The Morgan fingerprint density at radius 1 is 1.15 bits per heavy atom. The van der Waals surface area contributed by atoms with E-state index in [-0.39, 0.29) is 24.0 Å². The first-order valence-electron chi connectivity index (χ1n) is 11.4. The zero-order valence-corrected chi connectivity index (χ0v) is 19.1. The van der Waals surface area contributed by atoms with Gasteiger partial charge >= 0.3 is 0 Å². The monoisotopic (exact) mass is 469 g/mol. The van der Waals surface area contributed by atoms with Crippen LogP contribution in [0.15, 0.2) is 41.9 Å². The Morgan fingerprint density at radius 3 is 2.52 bits per heavy atom. The summed E-state index contributed by atoms with van der Waals surface area (Å²) in [5.41, 5.74) is 7.01. The number of hydrogen-bond donors (Lipinski definition) is 3. The number of aldehydes is 1. The molecular formula is C24H28ClN5O3. The summed E-state index contributed by atoms with van der Waals surface area (Å²) in [6.45, 7) is 1.64. The number of nitrogens with one attached hydrogen (secondary N) is 3. The molecule has 2 heterocycles. The second-order valence-corrected chi connectivity index (χ2v) is 9.07. The van der Waals surface area contributed by atoms with Gasteiger partial charge in [-0.3, -0.25) is 15.6 Å². The maximum atomic E-state index is 12.7. The van der Waals surface area contributed by atoms with Crippen LogP contribution in [0.2, 0.25) is 5.02 Å². The van der Waals surface area contributed by atoms with Gasteiger partial charge in [-0.25, -0.2) is 0 Å². The normalized spacial score (nSPS) is 23.2. The summed E-state index contributed by atoms with van der Waals surface area (Å²) in [4.78, 5) is 25.8. The lowest BCUT2D eigenvalue weighted by Gasteiger charge is -2.35. The summed E-state index contributed by atoms with van der Waals surface area (Å²) >= 11 is 6.08. The second kappa shape index (κ2) is 10.6. The highest BCUT2D eigenvalue weighted by atomic mass is 35.5. The Labute approximate surface area is 198 Å². The molecule has 0 unspecified atom stereocenters. The Bertz CT molecular complexity index is 986. The Balaban J connectivity index is 1.23. The molecule has 1 saturated heterocycles. The average Bonchev–Trinajstić information content (AvgIpc) is 2.85. The Kier molecular flexibility index (Phi) is 7.40. The van der Waals surface area contributed by atoms with E-state index in [2.05, 4.69) is 21.1 Å². The van der Waals surface area contributed by atoms with E-state index >= 15 is 0 Å². The van der Waals surface area contributed by atoms with Crippen LogP contribution in [0.5, 0.6) is 5.75 Å². The molecule has 9 heteroatoms. The first kappa shape index (κ1) is 23.0. The van der Waals surface area contributed by atoms with Crippen molar-refractivity contribution in [2.45, 2.75) is 50.7 Å². The molecule has 1 aromatic carbocycles. The van der Waals surface area contributed by atoms with Gasteiger partial charge in [0, 0.05) is 31.1 Å². The van der Waals surface area contributed by atoms with Gasteiger partial charge in [0.2, 0.25) is 0 Å². The van der Waals surface area contributed by atoms with Crippen LogP contribution in [-0.2, 0) is 9.59 Å². The van der Waals surface area contributed by atoms with Gasteiger partial charge in [0.25, 0.3) is 5.91 Å². The molecule has 0 atom stereocenters. The van der Waals surface area contributed by atoms with Crippen LogP contribution in [0.3, 0.4) is 0 Å². The summed E-state index contributed by atoms with van der Waals surface area (Å²) in [7, 11) is 0. The van der Waals surface area contributed by atoms with Gasteiger partial charge in [-0.15, -0.1) is 0 Å². The molecule has 174 valence electrons. The first-order valence-corrected chi connectivity index (χ1v) is 11.7. The fourth-order valence-electron chi connectivity index (χ4n) is 4.41. The molecular weight excluding hydrogens is 442 g/mol. The largest absolute Gasteiger partial charge is 0.490 e. The zero-order valence-electron chi connectivity index (χ0n) is 18.4. The van der Waals surface area contributed by atoms with Gasteiger partial charge in [0.05, 0.1) is 16.7 Å². The Hall–Kier alpha value is -3.18. The highest BCUT2D eigenvalue weighted by molar-refractivity contribution is 6.31. The number of allylic oxidation sites excluding steroid dienone is 2. The maximum Gasteiger partial charge on any atom is 0.269 e. The molecule has 1 aromatic rings. The van der Waals surface area contributed by atoms with E-state index in [1.54, 1.807) is 24.3 Å². The number of hydrogen-bond acceptors (Lipinski definition) is 7. The second-order valence-electron chi connectivity index (χ2n) is 8.66. The highest BCUT2D eigenvalue weighted by Gasteiger charge is 2.26. The quantitative estimate of drug-likeness (QED) is 0.550. The van der Waals surface area contributed by atoms with Crippen LogP contribution in [0.25, 0.3) is 0 Å². The smallest absolute Gasteiger partial charge is 0.269 e. The van der Waals surface area contributed by atoms with Crippen molar-refractivity contribution in [2.24, 2.45) is 5.92 Å². The van der Waals surface area contributed by atoms with E-state index in [4.69, 9.17) is 21.6 Å². The van der Waals surface area contributed by atoms with Gasteiger partial charge in [0.1, 0.15) is 29.6 Å². The predicted octanol–water partition coefficient (Wildman–Crippen LogP) is 2.76. The van der Waals surface area contributed by atoms with E-state index in [9.17, 15) is 9.59 Å². The van der Waals surface area contributed by atoms with Crippen molar-refractivity contribution >= 4 is 23.8 Å². The topological polar surface area (TPSA) is 106 Å². The number of amides is 1. The molecule has 33 heavy (non-hydrogen) atoms. The number of nitrogens with zero attached hydrogens (tertiary/aromatic N) is 2. The standard InChI is InChI=1S/C24H28ClN5O3/c25-21-13-20(4-1-17(21)14-26)33-19-5-2-18(3-6-19)27-24(32)22-7-8-23(29-28-22)30-11-9-16(15-31)10-12-30/h1,4,7-8,13,15-16,18-19,28-29H,2-3,5-6,9-12H2,(H,27,32). The zero-order chi connectivity index (χ0) is 23.2. The summed E-state index contributed by atoms with van der Waals surface area (Å²) in [5.74, 6) is 1.59. The average molecular weight is 470 g/mol. The van der Waals surface area contributed by atoms with Crippen molar-refractivity contribution in [3.05, 3.63) is 52.5 Å². The van der Waals surface area contributed by atoms with Gasteiger partial charge in [-0.2, -0.15) is 5.26 Å². The van der Waals surface area contributed by atoms with Crippen LogP contribution in [0, 0.1) is 17.2 Å². The summed E-state index contributed by atoms with van der Waals surface area (Å²) in [5, 5.41) is 12.5. The number of nitriles is 1. The number of benzene rings is 1. The maximum absolute atomic E-state index is 12.7. The number of halogens is 1. The lowest BCUT2D eigenvalue weighted by Crippen LogP contribution is -2.48. The third kappa shape index (κ3) is 5.79. The molecule has 4 rings (SSSR count). The number of carbonyl (C=O) groups is 2. The minimum absolute atomic E-state index is 0.0599. The van der Waals surface area contributed by atoms with Crippen molar-refractivity contribution in [2.75, 3.05) is 13.1 Å². The van der Waals surface area contributed by atoms with Crippen molar-refractivity contribution in [1.82, 2.24) is 21.1 Å². The van der Waals surface area contributed by atoms with Crippen LogP contribution < -0.4 is 20.9 Å². The molecule has 2 aliphatic heterocycles. The number of likely N-dealkylation sites (tertiary alicyclic amines) is 1. The van der Waals surface area contributed by atoms with Gasteiger partial charge in [0.15, 0.2) is 0 Å². The number of hydrazine groups is 1. The SMILES string of the molecule is N#Cc1ccc(OC2CCC(NC(=O)C3=CC=C(N4CCC(C=O)CC4)NN3)CC2)cc1Cl. The summed E-state index contributed by atoms with van der Waals surface area (Å²) in [6.07, 6.45) is 9.81. The lowest BCUT2D eigenvalue weighted by molar-refractivity contribution is -0.119. The fourth-order valence-corrected chi connectivity index (χ4v) is 4.62. The van der Waals surface area contributed by atoms with Gasteiger partial charge < -0.3 is 19.7 Å². The molecule has 3 N–H and O–H groups in total. The molecule has 0 radical (unpaired) electrons. The Morgan fingerprint density at radius 2 is 1.91 bits per heavy atom. The molecule has 0 spiro atoms. The third-order valence-corrected chi connectivity index (χ3v) is 6.74. The molecule has 0 bridgehead atoms. The van der Waals surface area contributed by atoms with Crippen molar-refractivity contribution in [3.8, 4) is 11.8 Å². The molecule has 3 aliphatic rings. The predicted molar refractivity (Wildman–Crippen MR) is 124 cm³/mol. The summed E-state index contributed by atoms with van der Waals surface area (Å²) in [6, 6.07) is 7.24. The molecule has 8 nitrogen and oxygen atoms in total. The number of ether oxygens (including phenoxy) is 1. The van der Waals surface area contributed by atoms with E-state index in [0.717, 1.165) is 63.7 Å². The minimum atomic E-state index is -0.138. The molecule has 0 aromatic heterocycles. The number of carbonyl (C=O) groups excluding carboxylic acids is 2. The van der Waals surface area contributed by atoms with Crippen LogP contribution in [0.1, 0.15) is 44.1 Å². The van der Waals surface area contributed by atoms with Crippen LogP contribution in [0.4, 0.5) is 0 Å². The van der Waals surface area contributed by atoms with E-state index in [0.29, 0.717) is 22.0 Å². The summed E-state index contributed by atoms with van der Waals surface area (Å²) < 4.78 is 6.02. The first-order chi connectivity index (χ1) is 16.1. The molecule has 1 aliphatic carbocycles. The van der Waals surface area contributed by atoms with Crippen molar-refractivity contribution < 1.29 is 14.3 Å². The van der Waals surface area contributed by atoms with E-state index in [1.165, 1.54) is 0 Å². The van der Waals surface area contributed by atoms with E-state index < -0.39 is 0 Å². The van der Waals surface area contributed by atoms with Crippen molar-refractivity contribution in [3.63, 3.8) is 0 Å². The van der Waals surface area contributed by atoms with E-state index in [1.807, 2.05) is 12.1 Å². The third-order valence-electron chi connectivity index (χ3n) is 6.42. The minimum Gasteiger partial charge on any atom is -0.490 e. The number of rotatable bonds is 6. The molecule has 1 saturated carbocycles. The lowest BCUT2D eigenvalue weighted by atomic mass is 9.92. The van der Waals surface area contributed by atoms with Gasteiger partial charge in [-0.1, -0.05) is 11.6 Å². The van der Waals surface area contributed by atoms with Crippen molar-refractivity contribution in [1.29, 1.82) is 5.26 Å². The van der Waals surface area contributed by atoms with Crippen LogP contribution in [-0.4, -0.2) is 42.3 Å². The van der Waals surface area contributed by atoms with Crippen LogP contribution >= 0.6 is 11.6 Å². The van der Waals surface area contributed by atoms with Gasteiger partial charge in [-0.05, 0) is 62.8 Å². The number of piperidine rings is 1. The fraction of sp³-hybridized carbons (Fsp3) is 0.458.